The summed E-state index contributed by atoms with van der Waals surface area (Å²) in [6.07, 6.45) is 0.975. The fourth-order valence-electron chi connectivity index (χ4n) is 2.28. The van der Waals surface area contributed by atoms with E-state index < -0.39 is 0 Å². The Morgan fingerprint density at radius 1 is 1.19 bits per heavy atom. The molecule has 0 radical (unpaired) electrons. The fraction of sp³-hybridized carbons (Fsp3) is 0.294. The zero-order valence-corrected chi connectivity index (χ0v) is 14.0. The second kappa shape index (κ2) is 7.59. The van der Waals surface area contributed by atoms with Gasteiger partial charge in [0.05, 0.1) is 12.6 Å². The fourth-order valence-corrected chi connectivity index (χ4v) is 3.00. The average Bonchev–Trinajstić information content (AvgIpc) is 2.49. The Morgan fingerprint density at radius 2 is 1.95 bits per heavy atom. The van der Waals surface area contributed by atoms with Crippen LogP contribution in [0.15, 0.2) is 46.9 Å². The Hall–Kier alpha value is -1.36. The summed E-state index contributed by atoms with van der Waals surface area (Å²) in [6.45, 7) is 4.86. The number of ether oxygens (including phenoxy) is 1. The van der Waals surface area contributed by atoms with E-state index in [4.69, 9.17) is 10.6 Å². The standard InChI is InChI=1S/C17H21BrN2O/c1-3-10-21-16-7-5-4-6-14(16)17(20-19)13-9-8-12(2)11-15(13)18/h4-9,11,17,20H,3,10,19H2,1-2H3. The molecule has 21 heavy (non-hydrogen) atoms. The van der Waals surface area contributed by atoms with E-state index in [1.807, 2.05) is 24.3 Å². The number of rotatable bonds is 6. The third kappa shape index (κ3) is 3.84. The van der Waals surface area contributed by atoms with E-state index in [-0.39, 0.29) is 6.04 Å². The van der Waals surface area contributed by atoms with Crippen molar-refractivity contribution in [1.29, 1.82) is 0 Å². The molecule has 0 aromatic heterocycles. The van der Waals surface area contributed by atoms with Crippen molar-refractivity contribution in [1.82, 2.24) is 5.43 Å². The van der Waals surface area contributed by atoms with Gasteiger partial charge in [0, 0.05) is 10.0 Å². The summed E-state index contributed by atoms with van der Waals surface area (Å²) >= 11 is 3.63. The highest BCUT2D eigenvalue weighted by Gasteiger charge is 2.19. The van der Waals surface area contributed by atoms with Crippen LogP contribution in [0.4, 0.5) is 0 Å². The first kappa shape index (κ1) is 16.0. The Balaban J connectivity index is 2.41. The van der Waals surface area contributed by atoms with Gasteiger partial charge in [-0.15, -0.1) is 0 Å². The van der Waals surface area contributed by atoms with Gasteiger partial charge in [-0.25, -0.2) is 5.43 Å². The molecule has 3 nitrogen and oxygen atoms in total. The molecule has 112 valence electrons. The topological polar surface area (TPSA) is 47.3 Å². The van der Waals surface area contributed by atoms with Crippen molar-refractivity contribution in [2.24, 2.45) is 5.84 Å². The molecule has 2 aromatic rings. The molecule has 0 aliphatic rings. The minimum Gasteiger partial charge on any atom is -0.493 e. The molecule has 0 saturated carbocycles. The first-order valence-corrected chi connectivity index (χ1v) is 7.90. The smallest absolute Gasteiger partial charge is 0.124 e. The van der Waals surface area contributed by atoms with Crippen molar-refractivity contribution in [3.63, 3.8) is 0 Å². The molecule has 0 amide bonds. The maximum Gasteiger partial charge on any atom is 0.124 e. The van der Waals surface area contributed by atoms with Crippen molar-refractivity contribution in [3.05, 3.63) is 63.6 Å². The van der Waals surface area contributed by atoms with Gasteiger partial charge in [0.2, 0.25) is 0 Å². The summed E-state index contributed by atoms with van der Waals surface area (Å²) in [5, 5.41) is 0. The van der Waals surface area contributed by atoms with Gasteiger partial charge in [0.15, 0.2) is 0 Å². The summed E-state index contributed by atoms with van der Waals surface area (Å²) in [6, 6.07) is 14.1. The molecule has 1 atom stereocenters. The first-order valence-electron chi connectivity index (χ1n) is 7.11. The molecule has 0 aliphatic heterocycles. The van der Waals surface area contributed by atoms with Crippen LogP contribution in [0, 0.1) is 6.92 Å². The zero-order valence-electron chi connectivity index (χ0n) is 12.4. The van der Waals surface area contributed by atoms with E-state index in [2.05, 4.69) is 53.4 Å². The number of benzene rings is 2. The van der Waals surface area contributed by atoms with Crippen LogP contribution in [0.1, 0.15) is 36.1 Å². The quantitative estimate of drug-likeness (QED) is 0.610. The van der Waals surface area contributed by atoms with Crippen LogP contribution < -0.4 is 16.0 Å². The molecule has 0 fully saturated rings. The van der Waals surface area contributed by atoms with Gasteiger partial charge in [-0.1, -0.05) is 53.2 Å². The number of hydrazine groups is 1. The van der Waals surface area contributed by atoms with E-state index in [0.717, 1.165) is 27.8 Å². The minimum atomic E-state index is -0.118. The molecule has 0 spiro atoms. The largest absolute Gasteiger partial charge is 0.493 e. The number of nitrogens with one attached hydrogen (secondary N) is 1. The maximum absolute atomic E-state index is 5.84. The Kier molecular flexibility index (Phi) is 5.79. The van der Waals surface area contributed by atoms with Gasteiger partial charge in [-0.2, -0.15) is 0 Å². The summed E-state index contributed by atoms with van der Waals surface area (Å²) < 4.78 is 6.88. The molecule has 2 aromatic carbocycles. The highest BCUT2D eigenvalue weighted by molar-refractivity contribution is 9.10. The monoisotopic (exact) mass is 348 g/mol. The van der Waals surface area contributed by atoms with E-state index in [1.165, 1.54) is 5.56 Å². The number of hydrogen-bond acceptors (Lipinski definition) is 3. The lowest BCUT2D eigenvalue weighted by molar-refractivity contribution is 0.311. The third-order valence-electron chi connectivity index (χ3n) is 3.33. The summed E-state index contributed by atoms with van der Waals surface area (Å²) in [5.74, 6) is 6.69. The molecule has 0 bridgehead atoms. The first-order chi connectivity index (χ1) is 10.2. The number of halogens is 1. The van der Waals surface area contributed by atoms with Gasteiger partial charge in [0.1, 0.15) is 5.75 Å². The summed E-state index contributed by atoms with van der Waals surface area (Å²) in [4.78, 5) is 0. The normalized spacial score (nSPS) is 12.2. The van der Waals surface area contributed by atoms with Crippen LogP contribution in [0.2, 0.25) is 0 Å². The lowest BCUT2D eigenvalue weighted by Crippen LogP contribution is -2.29. The van der Waals surface area contributed by atoms with Gasteiger partial charge < -0.3 is 4.74 Å². The number of aryl methyl sites for hydroxylation is 1. The van der Waals surface area contributed by atoms with Crippen LogP contribution in [-0.4, -0.2) is 6.61 Å². The van der Waals surface area contributed by atoms with Crippen LogP contribution in [0.3, 0.4) is 0 Å². The maximum atomic E-state index is 5.84. The van der Waals surface area contributed by atoms with Crippen molar-refractivity contribution in [2.45, 2.75) is 26.3 Å². The number of nitrogens with two attached hydrogens (primary N) is 1. The molecule has 2 rings (SSSR count). The van der Waals surface area contributed by atoms with Crippen molar-refractivity contribution < 1.29 is 4.74 Å². The SMILES string of the molecule is CCCOc1ccccc1C(NN)c1ccc(C)cc1Br. The van der Waals surface area contributed by atoms with Gasteiger partial charge in [0.25, 0.3) is 0 Å². The molecule has 0 heterocycles. The minimum absolute atomic E-state index is 0.118. The van der Waals surface area contributed by atoms with Crippen molar-refractivity contribution in [2.75, 3.05) is 6.61 Å². The molecule has 4 heteroatoms. The van der Waals surface area contributed by atoms with E-state index in [0.29, 0.717) is 6.61 Å². The lowest BCUT2D eigenvalue weighted by atomic mass is 9.97. The van der Waals surface area contributed by atoms with E-state index >= 15 is 0 Å². The van der Waals surface area contributed by atoms with Crippen LogP contribution in [0.5, 0.6) is 5.75 Å². The van der Waals surface area contributed by atoms with Gasteiger partial charge in [-0.3, -0.25) is 5.84 Å². The summed E-state index contributed by atoms with van der Waals surface area (Å²) in [7, 11) is 0. The average molecular weight is 349 g/mol. The van der Waals surface area contributed by atoms with Gasteiger partial charge in [-0.05, 0) is 36.6 Å². The second-order valence-electron chi connectivity index (χ2n) is 5.01. The predicted octanol–water partition coefficient (Wildman–Crippen LogP) is 4.10. The molecule has 3 N–H and O–H groups in total. The molecule has 0 aliphatic carbocycles. The Labute approximate surface area is 134 Å². The highest BCUT2D eigenvalue weighted by atomic mass is 79.9. The van der Waals surface area contributed by atoms with Crippen LogP contribution in [-0.2, 0) is 0 Å². The van der Waals surface area contributed by atoms with Crippen LogP contribution >= 0.6 is 15.9 Å². The predicted molar refractivity (Wildman–Crippen MR) is 90.3 cm³/mol. The van der Waals surface area contributed by atoms with Crippen molar-refractivity contribution in [3.8, 4) is 5.75 Å². The van der Waals surface area contributed by atoms with Crippen LogP contribution in [0.25, 0.3) is 0 Å². The molecule has 0 saturated heterocycles. The molecule has 1 unspecified atom stereocenters. The lowest BCUT2D eigenvalue weighted by Gasteiger charge is -2.21. The van der Waals surface area contributed by atoms with E-state index in [1.54, 1.807) is 0 Å². The van der Waals surface area contributed by atoms with E-state index in [9.17, 15) is 0 Å². The summed E-state index contributed by atoms with van der Waals surface area (Å²) in [5.41, 5.74) is 6.24. The van der Waals surface area contributed by atoms with Crippen molar-refractivity contribution >= 4 is 15.9 Å². The number of hydrogen-bond donors (Lipinski definition) is 2. The Morgan fingerprint density at radius 3 is 2.62 bits per heavy atom. The highest BCUT2D eigenvalue weighted by Crippen LogP contribution is 2.33. The Bertz CT molecular complexity index is 601. The molecular formula is C17H21BrN2O. The third-order valence-corrected chi connectivity index (χ3v) is 4.01. The zero-order chi connectivity index (χ0) is 15.2. The molecular weight excluding hydrogens is 328 g/mol. The van der Waals surface area contributed by atoms with Gasteiger partial charge >= 0.3 is 0 Å². The number of para-hydroxylation sites is 1. The second-order valence-corrected chi connectivity index (χ2v) is 5.87.